The molecule has 0 saturated carbocycles. The van der Waals surface area contributed by atoms with Crippen LogP contribution in [0.1, 0.15) is 30.7 Å². The number of nitrogens with zero attached hydrogens (tertiary/aromatic N) is 2. The van der Waals surface area contributed by atoms with E-state index in [0.717, 1.165) is 19.4 Å². The van der Waals surface area contributed by atoms with Gasteiger partial charge >= 0.3 is 0 Å². The van der Waals surface area contributed by atoms with E-state index in [0.29, 0.717) is 12.1 Å². The molecule has 2 aliphatic rings. The summed E-state index contributed by atoms with van der Waals surface area (Å²) >= 11 is 1.73. The topological polar surface area (TPSA) is 36.4 Å². The van der Waals surface area contributed by atoms with E-state index in [1.54, 1.807) is 11.3 Å². The Morgan fingerprint density at radius 3 is 2.73 bits per heavy atom. The van der Waals surface area contributed by atoms with Crippen LogP contribution in [0.15, 0.2) is 11.6 Å². The fourth-order valence-corrected chi connectivity index (χ4v) is 3.61. The zero-order chi connectivity index (χ0) is 10.3. The van der Waals surface area contributed by atoms with Gasteiger partial charge in [0, 0.05) is 23.7 Å². The van der Waals surface area contributed by atoms with Crippen LogP contribution in [-0.2, 0) is 6.54 Å². The summed E-state index contributed by atoms with van der Waals surface area (Å²) in [6.45, 7) is 0.986. The average molecular weight is 224 g/mol. The van der Waals surface area contributed by atoms with E-state index < -0.39 is 0 Å². The third-order valence-corrected chi connectivity index (χ3v) is 4.43. The first-order valence-corrected chi connectivity index (χ1v) is 6.53. The predicted octanol–water partition coefficient (Wildman–Crippen LogP) is 1.63. The number of hydrogen-bond donors (Lipinski definition) is 1. The van der Waals surface area contributed by atoms with Crippen molar-refractivity contribution >= 4 is 11.3 Å². The SMILES string of the molecule is OC1CC2CCC(C1)N2Cc1nccs1. The predicted molar refractivity (Wildman–Crippen MR) is 59.7 cm³/mol. The largest absolute Gasteiger partial charge is 0.393 e. The van der Waals surface area contributed by atoms with Gasteiger partial charge in [-0.05, 0) is 25.7 Å². The van der Waals surface area contributed by atoms with Crippen LogP contribution in [0.25, 0.3) is 0 Å². The molecule has 3 nitrogen and oxygen atoms in total. The lowest BCUT2D eigenvalue weighted by Crippen LogP contribution is -2.43. The van der Waals surface area contributed by atoms with Gasteiger partial charge in [0.2, 0.25) is 0 Å². The Morgan fingerprint density at radius 1 is 1.40 bits per heavy atom. The standard InChI is InChI=1S/C11H16N2OS/c14-10-5-8-1-2-9(6-10)13(8)7-11-12-3-4-15-11/h3-4,8-10,14H,1-2,5-7H2. The molecule has 0 amide bonds. The molecule has 3 rings (SSSR count). The Labute approximate surface area is 93.8 Å². The van der Waals surface area contributed by atoms with Gasteiger partial charge in [0.1, 0.15) is 5.01 Å². The number of aliphatic hydroxyl groups excluding tert-OH is 1. The molecule has 1 aromatic rings. The van der Waals surface area contributed by atoms with Crippen LogP contribution < -0.4 is 0 Å². The molecule has 2 aliphatic heterocycles. The molecule has 0 aromatic carbocycles. The summed E-state index contributed by atoms with van der Waals surface area (Å²) in [5, 5.41) is 12.9. The minimum absolute atomic E-state index is 0.0601. The highest BCUT2D eigenvalue weighted by Crippen LogP contribution is 2.36. The molecule has 1 N–H and O–H groups in total. The van der Waals surface area contributed by atoms with Gasteiger partial charge in [-0.1, -0.05) is 0 Å². The van der Waals surface area contributed by atoms with Crippen LogP contribution in [0.4, 0.5) is 0 Å². The highest BCUT2D eigenvalue weighted by Gasteiger charge is 2.40. The number of hydrogen-bond acceptors (Lipinski definition) is 4. The average Bonchev–Trinajstić information content (AvgIpc) is 2.77. The maximum absolute atomic E-state index is 9.69. The lowest BCUT2D eigenvalue weighted by Gasteiger charge is -2.36. The van der Waals surface area contributed by atoms with Gasteiger partial charge in [-0.2, -0.15) is 0 Å². The summed E-state index contributed by atoms with van der Waals surface area (Å²) in [4.78, 5) is 6.89. The van der Waals surface area contributed by atoms with Crippen molar-refractivity contribution in [2.24, 2.45) is 0 Å². The maximum atomic E-state index is 9.69. The van der Waals surface area contributed by atoms with Crippen molar-refractivity contribution in [2.75, 3.05) is 0 Å². The van der Waals surface area contributed by atoms with Crippen LogP contribution in [0.2, 0.25) is 0 Å². The molecule has 15 heavy (non-hydrogen) atoms. The second kappa shape index (κ2) is 3.85. The Balaban J connectivity index is 1.72. The lowest BCUT2D eigenvalue weighted by molar-refractivity contribution is 0.0310. The number of fused-ring (bicyclic) bond motifs is 2. The molecule has 1 aromatic heterocycles. The van der Waals surface area contributed by atoms with Crippen LogP contribution in [0.3, 0.4) is 0 Å². The van der Waals surface area contributed by atoms with E-state index in [9.17, 15) is 5.11 Å². The third-order valence-electron chi connectivity index (χ3n) is 3.66. The number of thiazole rings is 1. The van der Waals surface area contributed by atoms with Crippen LogP contribution in [0.5, 0.6) is 0 Å². The van der Waals surface area contributed by atoms with E-state index in [1.165, 1.54) is 17.8 Å². The van der Waals surface area contributed by atoms with Crippen molar-refractivity contribution in [3.05, 3.63) is 16.6 Å². The fourth-order valence-electron chi connectivity index (χ4n) is 2.99. The van der Waals surface area contributed by atoms with Crippen LogP contribution >= 0.6 is 11.3 Å². The smallest absolute Gasteiger partial charge is 0.107 e. The first-order chi connectivity index (χ1) is 7.33. The van der Waals surface area contributed by atoms with Gasteiger partial charge in [0.25, 0.3) is 0 Å². The molecule has 0 spiro atoms. The van der Waals surface area contributed by atoms with E-state index in [4.69, 9.17) is 0 Å². The minimum Gasteiger partial charge on any atom is -0.393 e. The maximum Gasteiger partial charge on any atom is 0.107 e. The molecular formula is C11H16N2OS. The van der Waals surface area contributed by atoms with Crippen LogP contribution in [-0.4, -0.2) is 33.2 Å². The molecule has 2 bridgehead atoms. The van der Waals surface area contributed by atoms with Crippen molar-refractivity contribution in [1.82, 2.24) is 9.88 Å². The molecule has 2 unspecified atom stereocenters. The van der Waals surface area contributed by atoms with Crippen LogP contribution in [0, 0.1) is 0 Å². The van der Waals surface area contributed by atoms with E-state index in [-0.39, 0.29) is 6.10 Å². The van der Waals surface area contributed by atoms with Crippen molar-refractivity contribution in [3.63, 3.8) is 0 Å². The van der Waals surface area contributed by atoms with E-state index in [1.807, 2.05) is 11.6 Å². The van der Waals surface area contributed by atoms with E-state index in [2.05, 4.69) is 9.88 Å². The highest BCUT2D eigenvalue weighted by molar-refractivity contribution is 7.09. The molecule has 0 aliphatic carbocycles. The normalized spacial score (nSPS) is 35.9. The Morgan fingerprint density at radius 2 is 2.13 bits per heavy atom. The molecular weight excluding hydrogens is 208 g/mol. The second-order valence-electron chi connectivity index (χ2n) is 4.61. The van der Waals surface area contributed by atoms with Crippen molar-refractivity contribution in [3.8, 4) is 0 Å². The highest BCUT2D eigenvalue weighted by atomic mass is 32.1. The number of rotatable bonds is 2. The van der Waals surface area contributed by atoms with E-state index >= 15 is 0 Å². The quantitative estimate of drug-likeness (QED) is 0.829. The summed E-state index contributed by atoms with van der Waals surface area (Å²) in [6.07, 6.45) is 6.25. The Kier molecular flexibility index (Phi) is 2.50. The molecule has 4 heteroatoms. The Hall–Kier alpha value is -0.450. The summed E-state index contributed by atoms with van der Waals surface area (Å²) in [6, 6.07) is 1.20. The van der Waals surface area contributed by atoms with Crippen molar-refractivity contribution in [2.45, 2.75) is 50.4 Å². The second-order valence-corrected chi connectivity index (χ2v) is 5.59. The first-order valence-electron chi connectivity index (χ1n) is 5.65. The lowest BCUT2D eigenvalue weighted by atomic mass is 10.0. The zero-order valence-electron chi connectivity index (χ0n) is 8.67. The minimum atomic E-state index is -0.0601. The summed E-state index contributed by atoms with van der Waals surface area (Å²) in [7, 11) is 0. The summed E-state index contributed by atoms with van der Waals surface area (Å²) in [5.41, 5.74) is 0. The zero-order valence-corrected chi connectivity index (χ0v) is 9.49. The van der Waals surface area contributed by atoms with Gasteiger partial charge in [-0.15, -0.1) is 11.3 Å². The van der Waals surface area contributed by atoms with Gasteiger partial charge in [-0.3, -0.25) is 4.90 Å². The molecule has 2 atom stereocenters. The Bertz CT molecular complexity index is 313. The monoisotopic (exact) mass is 224 g/mol. The number of piperidine rings is 1. The number of aliphatic hydroxyl groups is 1. The molecule has 2 fully saturated rings. The fraction of sp³-hybridized carbons (Fsp3) is 0.727. The van der Waals surface area contributed by atoms with Crippen molar-refractivity contribution in [1.29, 1.82) is 0 Å². The molecule has 3 heterocycles. The first kappa shape index (κ1) is 9.75. The molecule has 82 valence electrons. The van der Waals surface area contributed by atoms with Crippen molar-refractivity contribution < 1.29 is 5.11 Å². The van der Waals surface area contributed by atoms with Gasteiger partial charge in [0.15, 0.2) is 0 Å². The summed E-state index contributed by atoms with van der Waals surface area (Å²) in [5.74, 6) is 0. The van der Waals surface area contributed by atoms with Gasteiger partial charge in [-0.25, -0.2) is 4.98 Å². The van der Waals surface area contributed by atoms with Gasteiger partial charge < -0.3 is 5.11 Å². The van der Waals surface area contributed by atoms with Gasteiger partial charge in [0.05, 0.1) is 12.6 Å². The summed E-state index contributed by atoms with van der Waals surface area (Å²) < 4.78 is 0. The number of aromatic nitrogens is 1. The molecule has 2 saturated heterocycles. The molecule has 0 radical (unpaired) electrons. The third kappa shape index (κ3) is 1.82.